The molecule has 0 bridgehead atoms. The lowest BCUT2D eigenvalue weighted by atomic mass is 10.1. The highest BCUT2D eigenvalue weighted by atomic mass is 15.3. The number of hydrogen-bond donors (Lipinski definition) is 1. The molecule has 2 aromatic rings. The van der Waals surface area contributed by atoms with Gasteiger partial charge < -0.3 is 10.2 Å². The molecule has 1 N–H and O–H groups in total. The minimum Gasteiger partial charge on any atom is -0.367 e. The number of nitrogens with zero attached hydrogens (tertiary/aromatic N) is 4. The molecule has 1 aromatic carbocycles. The Kier molecular flexibility index (Phi) is 4.34. The van der Waals surface area contributed by atoms with Gasteiger partial charge >= 0.3 is 0 Å². The predicted octanol–water partition coefficient (Wildman–Crippen LogP) is 2.76. The van der Waals surface area contributed by atoms with E-state index in [1.54, 1.807) is 6.33 Å². The van der Waals surface area contributed by atoms with Crippen LogP contribution < -0.4 is 10.2 Å². The highest BCUT2D eigenvalue weighted by molar-refractivity contribution is 5.50. The molecule has 1 atom stereocenters. The zero-order valence-corrected chi connectivity index (χ0v) is 14.2. The monoisotopic (exact) mass is 323 g/mol. The molecule has 0 radical (unpaired) electrons. The van der Waals surface area contributed by atoms with Gasteiger partial charge in [0, 0.05) is 37.8 Å². The molecule has 126 valence electrons. The van der Waals surface area contributed by atoms with Gasteiger partial charge in [0.2, 0.25) is 0 Å². The average molecular weight is 323 g/mol. The van der Waals surface area contributed by atoms with Gasteiger partial charge in [-0.1, -0.05) is 30.3 Å². The molecule has 1 aliphatic carbocycles. The minimum absolute atomic E-state index is 0.569. The third kappa shape index (κ3) is 3.67. The molecule has 1 saturated carbocycles. The second-order valence-electron chi connectivity index (χ2n) is 6.97. The van der Waals surface area contributed by atoms with Crippen LogP contribution in [-0.4, -0.2) is 47.1 Å². The van der Waals surface area contributed by atoms with Gasteiger partial charge in [-0.05, 0) is 31.9 Å². The van der Waals surface area contributed by atoms with Crippen LogP contribution in [0.1, 0.15) is 24.8 Å². The number of hydrogen-bond acceptors (Lipinski definition) is 5. The summed E-state index contributed by atoms with van der Waals surface area (Å²) in [4.78, 5) is 13.7. The van der Waals surface area contributed by atoms with Gasteiger partial charge in [-0.2, -0.15) is 0 Å². The van der Waals surface area contributed by atoms with Gasteiger partial charge in [-0.25, -0.2) is 9.97 Å². The topological polar surface area (TPSA) is 44.3 Å². The van der Waals surface area contributed by atoms with Crippen molar-refractivity contribution >= 4 is 11.6 Å². The summed E-state index contributed by atoms with van der Waals surface area (Å²) in [5, 5.41) is 3.46. The highest BCUT2D eigenvalue weighted by Crippen LogP contribution is 2.26. The predicted molar refractivity (Wildman–Crippen MR) is 97.2 cm³/mol. The number of anilines is 2. The third-order valence-electron chi connectivity index (χ3n) is 4.97. The van der Waals surface area contributed by atoms with Crippen LogP contribution in [0, 0.1) is 0 Å². The number of benzene rings is 1. The highest BCUT2D eigenvalue weighted by Gasteiger charge is 2.27. The molecule has 2 aliphatic rings. The van der Waals surface area contributed by atoms with Crippen LogP contribution in [0.25, 0.3) is 0 Å². The third-order valence-corrected chi connectivity index (χ3v) is 4.97. The van der Waals surface area contributed by atoms with E-state index in [0.29, 0.717) is 12.1 Å². The first kappa shape index (κ1) is 15.4. The van der Waals surface area contributed by atoms with E-state index in [9.17, 15) is 0 Å². The molecular weight excluding hydrogens is 298 g/mol. The standard InChI is InChI=1S/C19H25N5/c1-23(12-15-5-3-2-4-6-15)17-9-10-24(13-17)19-11-18(20-14-21-19)22-16-7-8-16/h2-6,11,14,16-17H,7-10,12-13H2,1H3,(H,20,21,22). The summed E-state index contributed by atoms with van der Waals surface area (Å²) in [6.07, 6.45) is 5.38. The molecule has 1 aliphatic heterocycles. The summed E-state index contributed by atoms with van der Waals surface area (Å²) in [6.45, 7) is 3.09. The maximum atomic E-state index is 4.48. The van der Waals surface area contributed by atoms with Crippen molar-refractivity contribution in [3.63, 3.8) is 0 Å². The average Bonchev–Trinajstić information content (AvgIpc) is 3.27. The van der Waals surface area contributed by atoms with Crippen molar-refractivity contribution in [3.05, 3.63) is 48.3 Å². The van der Waals surface area contributed by atoms with E-state index in [1.165, 1.54) is 24.8 Å². The van der Waals surface area contributed by atoms with Crippen LogP contribution in [0.3, 0.4) is 0 Å². The fraction of sp³-hybridized carbons (Fsp3) is 0.474. The van der Waals surface area contributed by atoms with E-state index in [4.69, 9.17) is 0 Å². The van der Waals surface area contributed by atoms with Crippen LogP contribution in [0.5, 0.6) is 0 Å². The quantitative estimate of drug-likeness (QED) is 0.885. The van der Waals surface area contributed by atoms with E-state index in [1.807, 2.05) is 0 Å². The first-order valence-electron chi connectivity index (χ1n) is 8.85. The molecule has 1 unspecified atom stereocenters. The first-order chi connectivity index (χ1) is 11.8. The van der Waals surface area contributed by atoms with E-state index < -0.39 is 0 Å². The van der Waals surface area contributed by atoms with E-state index in [-0.39, 0.29) is 0 Å². The molecule has 0 amide bonds. The lowest BCUT2D eigenvalue weighted by Crippen LogP contribution is -2.34. The summed E-state index contributed by atoms with van der Waals surface area (Å²) in [5.74, 6) is 2.01. The zero-order valence-electron chi connectivity index (χ0n) is 14.2. The van der Waals surface area contributed by atoms with E-state index in [0.717, 1.165) is 31.3 Å². The molecule has 2 heterocycles. The molecule has 1 aromatic heterocycles. The fourth-order valence-electron chi connectivity index (χ4n) is 3.35. The van der Waals surface area contributed by atoms with Crippen LogP contribution >= 0.6 is 0 Å². The molecular formula is C19H25N5. The molecule has 5 nitrogen and oxygen atoms in total. The molecule has 24 heavy (non-hydrogen) atoms. The summed E-state index contributed by atoms with van der Waals surface area (Å²) in [6, 6.07) is 14.0. The molecule has 1 saturated heterocycles. The fourth-order valence-corrected chi connectivity index (χ4v) is 3.35. The number of aromatic nitrogens is 2. The van der Waals surface area contributed by atoms with Gasteiger partial charge in [0.25, 0.3) is 0 Å². The summed E-state index contributed by atoms with van der Waals surface area (Å²) in [5.41, 5.74) is 1.37. The number of nitrogens with one attached hydrogen (secondary N) is 1. The van der Waals surface area contributed by atoms with Crippen LogP contribution in [0.2, 0.25) is 0 Å². The Bertz CT molecular complexity index is 670. The van der Waals surface area contributed by atoms with Crippen molar-refractivity contribution in [1.29, 1.82) is 0 Å². The first-order valence-corrected chi connectivity index (χ1v) is 8.85. The van der Waals surface area contributed by atoms with Gasteiger partial charge in [0.05, 0.1) is 0 Å². The Morgan fingerprint density at radius 3 is 2.79 bits per heavy atom. The Labute approximate surface area is 143 Å². The maximum absolute atomic E-state index is 4.48. The Balaban J connectivity index is 1.37. The van der Waals surface area contributed by atoms with Gasteiger partial charge in [0.15, 0.2) is 0 Å². The van der Waals surface area contributed by atoms with Gasteiger partial charge in [-0.3, -0.25) is 4.90 Å². The Morgan fingerprint density at radius 2 is 2.00 bits per heavy atom. The van der Waals surface area contributed by atoms with Crippen molar-refractivity contribution in [2.24, 2.45) is 0 Å². The largest absolute Gasteiger partial charge is 0.367 e. The second kappa shape index (κ2) is 6.77. The summed E-state index contributed by atoms with van der Waals surface area (Å²) in [7, 11) is 2.22. The lowest BCUT2D eigenvalue weighted by Gasteiger charge is -2.25. The van der Waals surface area contributed by atoms with Crippen LogP contribution in [-0.2, 0) is 6.54 Å². The van der Waals surface area contributed by atoms with Crippen molar-refractivity contribution in [2.45, 2.75) is 37.9 Å². The number of rotatable bonds is 6. The zero-order chi connectivity index (χ0) is 16.4. The molecule has 5 heteroatoms. The van der Waals surface area contributed by atoms with Crippen LogP contribution in [0.15, 0.2) is 42.7 Å². The SMILES string of the molecule is CN(Cc1ccccc1)C1CCN(c2cc(NC3CC3)ncn2)C1. The van der Waals surface area contributed by atoms with Crippen molar-refractivity contribution in [2.75, 3.05) is 30.4 Å². The number of likely N-dealkylation sites (N-methyl/N-ethyl adjacent to an activating group) is 1. The van der Waals surface area contributed by atoms with E-state index in [2.05, 4.69) is 68.5 Å². The van der Waals surface area contributed by atoms with Crippen molar-refractivity contribution in [3.8, 4) is 0 Å². The van der Waals surface area contributed by atoms with Gasteiger partial charge in [-0.15, -0.1) is 0 Å². The van der Waals surface area contributed by atoms with E-state index >= 15 is 0 Å². The molecule has 4 rings (SSSR count). The maximum Gasteiger partial charge on any atom is 0.134 e. The van der Waals surface area contributed by atoms with Gasteiger partial charge in [0.1, 0.15) is 18.0 Å². The second-order valence-corrected chi connectivity index (χ2v) is 6.97. The normalized spacial score (nSPS) is 20.6. The molecule has 2 fully saturated rings. The van der Waals surface area contributed by atoms with Crippen LogP contribution in [0.4, 0.5) is 11.6 Å². The summed E-state index contributed by atoms with van der Waals surface area (Å²) >= 11 is 0. The summed E-state index contributed by atoms with van der Waals surface area (Å²) < 4.78 is 0. The Hall–Kier alpha value is -2.14. The van der Waals surface area contributed by atoms with Crippen molar-refractivity contribution < 1.29 is 0 Å². The lowest BCUT2D eigenvalue weighted by molar-refractivity contribution is 0.250. The smallest absolute Gasteiger partial charge is 0.134 e. The Morgan fingerprint density at radius 1 is 1.17 bits per heavy atom. The minimum atomic E-state index is 0.569. The molecule has 0 spiro atoms. The van der Waals surface area contributed by atoms with Crippen molar-refractivity contribution in [1.82, 2.24) is 14.9 Å².